The van der Waals surface area contributed by atoms with Crippen molar-refractivity contribution in [1.29, 1.82) is 0 Å². The van der Waals surface area contributed by atoms with Crippen molar-refractivity contribution in [2.24, 2.45) is 7.05 Å². The molecule has 0 saturated carbocycles. The summed E-state index contributed by atoms with van der Waals surface area (Å²) < 4.78 is 1.97. The number of amides is 1. The smallest absolute Gasteiger partial charge is 0.230 e. The minimum Gasteiger partial charge on any atom is -0.351 e. The van der Waals surface area contributed by atoms with E-state index in [4.69, 9.17) is 0 Å². The van der Waals surface area contributed by atoms with Gasteiger partial charge >= 0.3 is 0 Å². The molecule has 1 aromatic heterocycles. The van der Waals surface area contributed by atoms with Crippen LogP contribution in [0.5, 0.6) is 0 Å². The third kappa shape index (κ3) is 5.69. The average molecular weight is 381 g/mol. The Labute approximate surface area is 164 Å². The van der Waals surface area contributed by atoms with Gasteiger partial charge in [-0.2, -0.15) is 0 Å². The van der Waals surface area contributed by atoms with Crippen LogP contribution < -0.4 is 5.32 Å². The van der Waals surface area contributed by atoms with Gasteiger partial charge < -0.3 is 9.88 Å². The maximum Gasteiger partial charge on any atom is 0.230 e. The molecule has 0 fully saturated rings. The van der Waals surface area contributed by atoms with Gasteiger partial charge in [0.25, 0.3) is 0 Å². The molecule has 0 saturated heterocycles. The van der Waals surface area contributed by atoms with Gasteiger partial charge in [-0.15, -0.1) is 10.2 Å². The van der Waals surface area contributed by atoms with E-state index in [1.54, 1.807) is 0 Å². The molecule has 1 N–H and O–H groups in total. The van der Waals surface area contributed by atoms with E-state index in [2.05, 4.69) is 27.6 Å². The lowest BCUT2D eigenvalue weighted by Gasteiger charge is -2.06. The molecule has 0 aliphatic carbocycles. The zero-order valence-corrected chi connectivity index (χ0v) is 16.5. The largest absolute Gasteiger partial charge is 0.351 e. The molecule has 27 heavy (non-hydrogen) atoms. The Balaban J connectivity index is 1.45. The lowest BCUT2D eigenvalue weighted by Crippen LogP contribution is -2.24. The SMILES string of the molecule is Cc1ccc(CNC(=O)CSc2nnc(CCc3ccccc3)n2C)cc1. The molecule has 0 aliphatic heterocycles. The fourth-order valence-corrected chi connectivity index (χ4v) is 3.44. The molecule has 140 valence electrons. The number of carbonyl (C=O) groups is 1. The molecule has 0 radical (unpaired) electrons. The lowest BCUT2D eigenvalue weighted by molar-refractivity contribution is -0.118. The number of aryl methyl sites for hydroxylation is 3. The van der Waals surface area contributed by atoms with Crippen LogP contribution in [0.4, 0.5) is 0 Å². The zero-order valence-electron chi connectivity index (χ0n) is 15.7. The number of rotatable bonds is 8. The second kappa shape index (κ2) is 9.37. The summed E-state index contributed by atoms with van der Waals surface area (Å²) in [4.78, 5) is 12.1. The first-order valence-corrected chi connectivity index (χ1v) is 9.97. The number of benzene rings is 2. The minimum absolute atomic E-state index is 0.00518. The van der Waals surface area contributed by atoms with Gasteiger partial charge in [0.2, 0.25) is 5.91 Å². The number of nitrogens with zero attached hydrogens (tertiary/aromatic N) is 3. The highest BCUT2D eigenvalue weighted by atomic mass is 32.2. The number of thioether (sulfide) groups is 1. The number of nitrogens with one attached hydrogen (secondary N) is 1. The van der Waals surface area contributed by atoms with Crippen molar-refractivity contribution < 1.29 is 4.79 Å². The van der Waals surface area contributed by atoms with Crippen molar-refractivity contribution in [1.82, 2.24) is 20.1 Å². The summed E-state index contributed by atoms with van der Waals surface area (Å²) in [6.45, 7) is 2.59. The van der Waals surface area contributed by atoms with Crippen LogP contribution in [0.15, 0.2) is 59.8 Å². The van der Waals surface area contributed by atoms with E-state index in [1.165, 1.54) is 22.9 Å². The van der Waals surface area contributed by atoms with Crippen LogP contribution >= 0.6 is 11.8 Å². The van der Waals surface area contributed by atoms with Crippen molar-refractivity contribution >= 4 is 17.7 Å². The summed E-state index contributed by atoms with van der Waals surface area (Å²) >= 11 is 1.41. The summed E-state index contributed by atoms with van der Waals surface area (Å²) in [5, 5.41) is 12.2. The molecule has 0 spiro atoms. The Morgan fingerprint density at radius 3 is 2.48 bits per heavy atom. The molecular formula is C21H24N4OS. The molecule has 1 heterocycles. The summed E-state index contributed by atoms with van der Waals surface area (Å²) in [5.41, 5.74) is 3.59. The lowest BCUT2D eigenvalue weighted by atomic mass is 10.1. The van der Waals surface area contributed by atoms with Crippen molar-refractivity contribution in [2.45, 2.75) is 31.5 Å². The fraction of sp³-hybridized carbons (Fsp3) is 0.286. The minimum atomic E-state index is -0.00518. The highest BCUT2D eigenvalue weighted by molar-refractivity contribution is 7.99. The maximum atomic E-state index is 12.1. The van der Waals surface area contributed by atoms with E-state index >= 15 is 0 Å². The normalized spacial score (nSPS) is 10.7. The standard InChI is InChI=1S/C21H24N4OS/c1-16-8-10-18(11-9-16)14-22-20(26)15-27-21-24-23-19(25(21)2)13-12-17-6-4-3-5-7-17/h3-11H,12-15H2,1-2H3,(H,22,26). The highest BCUT2D eigenvalue weighted by Crippen LogP contribution is 2.16. The van der Waals surface area contributed by atoms with E-state index in [9.17, 15) is 4.79 Å². The fourth-order valence-electron chi connectivity index (χ4n) is 2.68. The van der Waals surface area contributed by atoms with Gasteiger partial charge in [-0.1, -0.05) is 71.9 Å². The first-order chi connectivity index (χ1) is 13.1. The van der Waals surface area contributed by atoms with E-state index < -0.39 is 0 Å². The molecule has 5 nitrogen and oxygen atoms in total. The Kier molecular flexibility index (Phi) is 6.65. The molecule has 0 atom stereocenters. The van der Waals surface area contributed by atoms with Crippen molar-refractivity contribution in [3.05, 3.63) is 77.1 Å². The second-order valence-corrected chi connectivity index (χ2v) is 7.44. The summed E-state index contributed by atoms with van der Waals surface area (Å²) in [7, 11) is 1.95. The van der Waals surface area contributed by atoms with Crippen LogP contribution in [0.3, 0.4) is 0 Å². The quantitative estimate of drug-likeness (QED) is 0.609. The van der Waals surface area contributed by atoms with Crippen molar-refractivity contribution in [3.63, 3.8) is 0 Å². The Morgan fingerprint density at radius 2 is 1.74 bits per heavy atom. The van der Waals surface area contributed by atoms with Crippen LogP contribution in [-0.4, -0.2) is 26.4 Å². The van der Waals surface area contributed by atoms with Crippen molar-refractivity contribution in [3.8, 4) is 0 Å². The van der Waals surface area contributed by atoms with Crippen LogP contribution in [0, 0.1) is 6.92 Å². The van der Waals surface area contributed by atoms with E-state index in [1.807, 2.05) is 61.0 Å². The van der Waals surface area contributed by atoms with Crippen molar-refractivity contribution in [2.75, 3.05) is 5.75 Å². The molecule has 0 aliphatic rings. The number of hydrogen-bond acceptors (Lipinski definition) is 4. The third-order valence-corrected chi connectivity index (χ3v) is 5.37. The summed E-state index contributed by atoms with van der Waals surface area (Å²) in [6.07, 6.45) is 1.75. The van der Waals surface area contributed by atoms with Crippen LogP contribution in [0.25, 0.3) is 0 Å². The van der Waals surface area contributed by atoms with Gasteiger partial charge in [-0.25, -0.2) is 0 Å². The summed E-state index contributed by atoms with van der Waals surface area (Å²) in [5.74, 6) is 1.26. The molecule has 0 unspecified atom stereocenters. The number of hydrogen-bond donors (Lipinski definition) is 1. The highest BCUT2D eigenvalue weighted by Gasteiger charge is 2.11. The van der Waals surface area contributed by atoms with Gasteiger partial charge in [0, 0.05) is 20.0 Å². The van der Waals surface area contributed by atoms with Gasteiger partial charge in [0.1, 0.15) is 5.82 Å². The Hall–Kier alpha value is -2.60. The van der Waals surface area contributed by atoms with Gasteiger partial charge in [0.05, 0.1) is 5.75 Å². The average Bonchev–Trinajstić information content (AvgIpc) is 3.05. The Bertz CT molecular complexity index is 875. The van der Waals surface area contributed by atoms with Crippen LogP contribution in [0.2, 0.25) is 0 Å². The van der Waals surface area contributed by atoms with Gasteiger partial charge in [-0.05, 0) is 24.5 Å². The van der Waals surface area contributed by atoms with Crippen LogP contribution in [-0.2, 0) is 31.2 Å². The monoisotopic (exact) mass is 380 g/mol. The predicted molar refractivity (Wildman–Crippen MR) is 109 cm³/mol. The first kappa shape index (κ1) is 19.2. The number of carbonyl (C=O) groups excluding carboxylic acids is 1. The zero-order chi connectivity index (χ0) is 19.1. The maximum absolute atomic E-state index is 12.1. The molecule has 0 bridgehead atoms. The van der Waals surface area contributed by atoms with Gasteiger partial charge in [-0.3, -0.25) is 4.79 Å². The summed E-state index contributed by atoms with van der Waals surface area (Å²) in [6, 6.07) is 18.5. The molecule has 1 amide bonds. The van der Waals surface area contributed by atoms with Gasteiger partial charge in [0.15, 0.2) is 5.16 Å². The van der Waals surface area contributed by atoms with E-state index in [0.717, 1.165) is 29.4 Å². The molecule has 3 rings (SSSR count). The molecule has 3 aromatic rings. The Morgan fingerprint density at radius 1 is 1.00 bits per heavy atom. The number of aromatic nitrogens is 3. The van der Waals surface area contributed by atoms with Crippen LogP contribution in [0.1, 0.15) is 22.5 Å². The second-order valence-electron chi connectivity index (χ2n) is 6.49. The third-order valence-electron chi connectivity index (χ3n) is 4.35. The van der Waals surface area contributed by atoms with E-state index in [-0.39, 0.29) is 5.91 Å². The molecular weight excluding hydrogens is 356 g/mol. The predicted octanol–water partition coefficient (Wildman–Crippen LogP) is 3.32. The first-order valence-electron chi connectivity index (χ1n) is 8.99. The topological polar surface area (TPSA) is 59.8 Å². The molecule has 2 aromatic carbocycles. The molecule has 6 heteroatoms. The van der Waals surface area contributed by atoms with E-state index in [0.29, 0.717) is 12.3 Å².